The molecule has 0 unspecified atom stereocenters. The second-order valence-corrected chi connectivity index (χ2v) is 15.0. The standard InChI is InChI=1S/C43H32BrNO6/c44-28-11-13-29(14-12-28)45-41(49)32-17-16-31-34(38(32)42(45)50)21-35-40(48)33(24-7-3-1-4-8-24)22-37(47)43(35,27-9-5-2-6-10-27)39(31)26-19-25-20-30(46)15-18-36(25)51-23-26/h1-16,18,20,22-23,32,34-35,38-39,46H,17,19,21H2/t32-,34+,35-,38-,39-,43-/m0/s1. The lowest BCUT2D eigenvalue weighted by Crippen LogP contribution is -2.60. The molecule has 0 bridgehead atoms. The number of amides is 2. The topological polar surface area (TPSA) is 101 Å². The Morgan fingerprint density at radius 3 is 2.29 bits per heavy atom. The predicted molar refractivity (Wildman–Crippen MR) is 194 cm³/mol. The highest BCUT2D eigenvalue weighted by Crippen LogP contribution is 2.63. The molecule has 0 spiro atoms. The van der Waals surface area contributed by atoms with E-state index in [1.54, 1.807) is 48.7 Å². The van der Waals surface area contributed by atoms with Crippen LogP contribution in [0.2, 0.25) is 0 Å². The SMILES string of the molecule is O=C1C(c2ccccc2)=CC(=O)[C@@]2(c3ccccc3)[C@@H](C3=COc4ccc(O)cc4C3)C3=CC[C@@H]4C(=O)N(c5ccc(Br)cc5)C(=O)[C@@H]4[C@@H]3C[C@@H]12. The molecule has 1 saturated heterocycles. The van der Waals surface area contributed by atoms with Gasteiger partial charge in [-0.15, -0.1) is 0 Å². The average Bonchev–Trinajstić information content (AvgIpc) is 3.41. The van der Waals surface area contributed by atoms with Gasteiger partial charge in [-0.1, -0.05) is 88.2 Å². The molecule has 9 rings (SSSR count). The van der Waals surface area contributed by atoms with Gasteiger partial charge in [0.05, 0.1) is 29.2 Å². The van der Waals surface area contributed by atoms with Crippen molar-refractivity contribution in [2.75, 3.05) is 4.90 Å². The summed E-state index contributed by atoms with van der Waals surface area (Å²) in [6, 6.07) is 30.8. The largest absolute Gasteiger partial charge is 0.508 e. The molecule has 252 valence electrons. The van der Waals surface area contributed by atoms with E-state index in [9.17, 15) is 14.7 Å². The van der Waals surface area contributed by atoms with Crippen LogP contribution in [0.5, 0.6) is 11.5 Å². The van der Waals surface area contributed by atoms with Crippen molar-refractivity contribution in [3.05, 3.63) is 154 Å². The van der Waals surface area contributed by atoms with Gasteiger partial charge in [0.1, 0.15) is 11.5 Å². The number of aromatic hydroxyl groups is 1. The van der Waals surface area contributed by atoms with Crippen LogP contribution in [0.15, 0.2) is 137 Å². The zero-order valence-corrected chi connectivity index (χ0v) is 29.0. The van der Waals surface area contributed by atoms with Gasteiger partial charge in [-0.25, -0.2) is 0 Å². The first-order chi connectivity index (χ1) is 24.8. The van der Waals surface area contributed by atoms with Crippen molar-refractivity contribution in [2.45, 2.75) is 24.7 Å². The van der Waals surface area contributed by atoms with E-state index in [0.717, 1.165) is 26.7 Å². The number of rotatable bonds is 4. The monoisotopic (exact) mass is 737 g/mol. The predicted octanol–water partition coefficient (Wildman–Crippen LogP) is 7.54. The smallest absolute Gasteiger partial charge is 0.238 e. The number of Topliss-reactive ketones (excluding diaryl/α,β-unsaturated/α-hetero) is 1. The molecule has 2 heterocycles. The summed E-state index contributed by atoms with van der Waals surface area (Å²) < 4.78 is 7.03. The van der Waals surface area contributed by atoms with Crippen molar-refractivity contribution in [2.24, 2.45) is 29.6 Å². The summed E-state index contributed by atoms with van der Waals surface area (Å²) >= 11 is 3.45. The Balaban J connectivity index is 1.25. The number of ketones is 2. The third-order valence-corrected chi connectivity index (χ3v) is 12.1. The van der Waals surface area contributed by atoms with Crippen molar-refractivity contribution >= 4 is 50.6 Å². The normalized spacial score (nSPS) is 28.1. The average molecular weight is 739 g/mol. The van der Waals surface area contributed by atoms with Gasteiger partial charge in [-0.3, -0.25) is 24.1 Å². The van der Waals surface area contributed by atoms with Crippen LogP contribution >= 0.6 is 15.9 Å². The number of fused-ring (bicyclic) bond motifs is 5. The van der Waals surface area contributed by atoms with Crippen LogP contribution < -0.4 is 9.64 Å². The molecule has 5 aliphatic rings. The van der Waals surface area contributed by atoms with Crippen molar-refractivity contribution in [1.82, 2.24) is 0 Å². The molecule has 1 N–H and O–H groups in total. The molecule has 8 heteroatoms. The fourth-order valence-corrected chi connectivity index (χ4v) is 9.80. The summed E-state index contributed by atoms with van der Waals surface area (Å²) in [6.45, 7) is 0. The minimum Gasteiger partial charge on any atom is -0.508 e. The summed E-state index contributed by atoms with van der Waals surface area (Å²) in [5, 5.41) is 10.4. The zero-order valence-electron chi connectivity index (χ0n) is 27.4. The van der Waals surface area contributed by atoms with Gasteiger partial charge in [0, 0.05) is 33.9 Å². The first kappa shape index (κ1) is 31.6. The fourth-order valence-electron chi connectivity index (χ4n) is 9.53. The minimum atomic E-state index is -1.34. The van der Waals surface area contributed by atoms with Gasteiger partial charge < -0.3 is 9.84 Å². The van der Waals surface area contributed by atoms with E-state index < -0.39 is 35.0 Å². The summed E-state index contributed by atoms with van der Waals surface area (Å²) in [6.07, 6.45) is 6.18. The van der Waals surface area contributed by atoms with Gasteiger partial charge in [-0.2, -0.15) is 0 Å². The van der Waals surface area contributed by atoms with Crippen LogP contribution in [0.3, 0.4) is 0 Å². The molecule has 1 saturated carbocycles. The molecule has 6 atom stereocenters. The van der Waals surface area contributed by atoms with Crippen LogP contribution in [-0.4, -0.2) is 28.5 Å². The molecular formula is C43H32BrNO6. The Hall–Kier alpha value is -5.34. The highest BCUT2D eigenvalue weighted by atomic mass is 79.9. The quantitative estimate of drug-likeness (QED) is 0.172. The Bertz CT molecular complexity index is 2240. The first-order valence-corrected chi connectivity index (χ1v) is 18.0. The minimum absolute atomic E-state index is 0.0953. The molecule has 7 nitrogen and oxygen atoms in total. The van der Waals surface area contributed by atoms with Crippen LogP contribution in [0.1, 0.15) is 29.5 Å². The van der Waals surface area contributed by atoms with Gasteiger partial charge in [0.2, 0.25) is 11.8 Å². The summed E-state index contributed by atoms with van der Waals surface area (Å²) in [7, 11) is 0. The van der Waals surface area contributed by atoms with E-state index in [4.69, 9.17) is 4.74 Å². The van der Waals surface area contributed by atoms with E-state index >= 15 is 9.59 Å². The van der Waals surface area contributed by atoms with Gasteiger partial charge in [0.25, 0.3) is 0 Å². The Labute approximate surface area is 303 Å². The van der Waals surface area contributed by atoms with Crippen LogP contribution in [0.4, 0.5) is 5.69 Å². The number of hydrogen-bond donors (Lipinski definition) is 1. The van der Waals surface area contributed by atoms with Crippen molar-refractivity contribution in [3.63, 3.8) is 0 Å². The maximum atomic E-state index is 15.2. The summed E-state index contributed by atoms with van der Waals surface area (Å²) in [4.78, 5) is 60.2. The van der Waals surface area contributed by atoms with Crippen molar-refractivity contribution in [3.8, 4) is 11.5 Å². The molecule has 2 amide bonds. The molecule has 51 heavy (non-hydrogen) atoms. The highest BCUT2D eigenvalue weighted by Gasteiger charge is 2.66. The number of nitrogens with zero attached hydrogens (tertiary/aromatic N) is 1. The molecule has 3 aliphatic carbocycles. The second-order valence-electron chi connectivity index (χ2n) is 14.1. The van der Waals surface area contributed by atoms with Crippen LogP contribution in [0, 0.1) is 29.6 Å². The number of halogens is 1. The molecule has 2 aliphatic heterocycles. The van der Waals surface area contributed by atoms with Gasteiger partial charge >= 0.3 is 0 Å². The van der Waals surface area contributed by atoms with Gasteiger partial charge in [0.15, 0.2) is 11.6 Å². The van der Waals surface area contributed by atoms with E-state index in [1.165, 1.54) is 11.0 Å². The zero-order chi connectivity index (χ0) is 35.0. The number of carbonyl (C=O) groups excluding carboxylic acids is 4. The van der Waals surface area contributed by atoms with E-state index in [0.29, 0.717) is 35.4 Å². The molecule has 4 aromatic rings. The van der Waals surface area contributed by atoms with Crippen LogP contribution in [0.25, 0.3) is 5.57 Å². The highest BCUT2D eigenvalue weighted by molar-refractivity contribution is 9.10. The molecule has 0 radical (unpaired) electrons. The first-order valence-electron chi connectivity index (χ1n) is 17.2. The Kier molecular flexibility index (Phi) is 7.37. The fraction of sp³-hybridized carbons (Fsp3) is 0.209. The molecule has 4 aromatic carbocycles. The lowest BCUT2D eigenvalue weighted by atomic mass is 9.44. The van der Waals surface area contributed by atoms with E-state index in [-0.39, 0.29) is 35.6 Å². The van der Waals surface area contributed by atoms with Gasteiger partial charge in [-0.05, 0) is 84.0 Å². The lowest BCUT2D eigenvalue weighted by Gasteiger charge is -2.56. The number of ether oxygens (including phenoxy) is 1. The Morgan fingerprint density at radius 2 is 1.55 bits per heavy atom. The summed E-state index contributed by atoms with van der Waals surface area (Å²) in [5.74, 6) is -3.45. The molecule has 0 aromatic heterocycles. The Morgan fingerprint density at radius 1 is 0.824 bits per heavy atom. The van der Waals surface area contributed by atoms with Crippen molar-refractivity contribution in [1.29, 1.82) is 0 Å². The number of anilines is 1. The maximum absolute atomic E-state index is 15.2. The number of hydrogen-bond acceptors (Lipinski definition) is 6. The van der Waals surface area contributed by atoms with E-state index in [1.807, 2.05) is 60.7 Å². The van der Waals surface area contributed by atoms with Crippen molar-refractivity contribution < 1.29 is 29.0 Å². The maximum Gasteiger partial charge on any atom is 0.238 e. The number of allylic oxidation sites excluding steroid dienone is 5. The number of carbonyl (C=O) groups is 4. The lowest BCUT2D eigenvalue weighted by molar-refractivity contribution is -0.136. The number of phenolic OH excluding ortho intramolecular Hbond substituents is 1. The number of phenols is 1. The molecule has 2 fully saturated rings. The third-order valence-electron chi connectivity index (χ3n) is 11.6. The summed E-state index contributed by atoms with van der Waals surface area (Å²) in [5.41, 5.74) is 3.31. The number of imide groups is 1. The third kappa shape index (κ3) is 4.69. The second kappa shape index (κ2) is 11.9. The van der Waals surface area contributed by atoms with Crippen LogP contribution in [-0.2, 0) is 31.0 Å². The van der Waals surface area contributed by atoms with E-state index in [2.05, 4.69) is 22.0 Å². The molecular weight excluding hydrogens is 706 g/mol. The number of benzene rings is 4.